The molecule has 2 rings (SSSR count). The first-order valence-electron chi connectivity index (χ1n) is 5.55. The van der Waals surface area contributed by atoms with E-state index in [4.69, 9.17) is 16.3 Å². The van der Waals surface area contributed by atoms with Crippen LogP contribution in [0.15, 0.2) is 35.4 Å². The molecule has 0 fully saturated rings. The molecule has 1 heterocycles. The molecule has 0 saturated carbocycles. The normalized spacial score (nSPS) is 10.3. The van der Waals surface area contributed by atoms with Gasteiger partial charge in [-0.25, -0.2) is 4.98 Å². The molecule has 0 atom stereocenters. The molecule has 1 aromatic carbocycles. The Balaban J connectivity index is 2.31. The molecule has 0 radical (unpaired) electrons. The topological polar surface area (TPSA) is 87.3 Å². The monoisotopic (exact) mass is 295 g/mol. The number of halogens is 1. The summed E-state index contributed by atoms with van der Waals surface area (Å²) in [7, 11) is 1.33. The number of methoxy groups -OCH3 is 1. The predicted octanol–water partition coefficient (Wildman–Crippen LogP) is 1.86. The Hall–Kier alpha value is -2.41. The summed E-state index contributed by atoms with van der Waals surface area (Å²) in [6.07, 6.45) is 1.30. The van der Waals surface area contributed by atoms with Gasteiger partial charge < -0.3 is 4.74 Å². The van der Waals surface area contributed by atoms with Gasteiger partial charge >= 0.3 is 0 Å². The summed E-state index contributed by atoms with van der Waals surface area (Å²) in [4.78, 5) is 25.9. The minimum Gasteiger partial charge on any atom is -0.489 e. The molecule has 0 aliphatic carbocycles. The highest BCUT2D eigenvalue weighted by molar-refractivity contribution is 6.30. The van der Waals surface area contributed by atoms with E-state index in [0.717, 1.165) is 5.56 Å². The predicted molar refractivity (Wildman–Crippen MR) is 72.3 cm³/mol. The summed E-state index contributed by atoms with van der Waals surface area (Å²) in [5.41, 5.74) is 0.308. The number of nitro groups is 1. The molecular formula is C12H10ClN3O4. The third-order valence-corrected chi connectivity index (χ3v) is 2.93. The Morgan fingerprint density at radius 1 is 1.40 bits per heavy atom. The molecule has 0 bridgehead atoms. The van der Waals surface area contributed by atoms with Crippen molar-refractivity contribution >= 4 is 17.3 Å². The minimum atomic E-state index is -0.483. The molecule has 0 aliphatic rings. The van der Waals surface area contributed by atoms with E-state index in [1.54, 1.807) is 12.1 Å². The lowest BCUT2D eigenvalue weighted by molar-refractivity contribution is -0.384. The number of ether oxygens (including phenoxy) is 1. The number of non-ortho nitro benzene ring substituents is 1. The van der Waals surface area contributed by atoms with Gasteiger partial charge in [0.05, 0.1) is 24.9 Å². The van der Waals surface area contributed by atoms with Crippen LogP contribution < -0.4 is 10.3 Å². The van der Waals surface area contributed by atoms with Crippen LogP contribution in [0.2, 0.25) is 5.15 Å². The Labute approximate surface area is 118 Å². The van der Waals surface area contributed by atoms with Crippen molar-refractivity contribution in [1.82, 2.24) is 9.55 Å². The van der Waals surface area contributed by atoms with Gasteiger partial charge in [-0.05, 0) is 5.56 Å². The lowest BCUT2D eigenvalue weighted by atomic mass is 10.2. The van der Waals surface area contributed by atoms with Crippen LogP contribution in [-0.4, -0.2) is 21.6 Å². The van der Waals surface area contributed by atoms with E-state index in [1.807, 2.05) is 0 Å². The average molecular weight is 296 g/mol. The second-order valence-electron chi connectivity index (χ2n) is 3.93. The summed E-state index contributed by atoms with van der Waals surface area (Å²) in [6, 6.07) is 5.90. The largest absolute Gasteiger partial charge is 0.489 e. The van der Waals surface area contributed by atoms with Gasteiger partial charge in [0.25, 0.3) is 11.2 Å². The van der Waals surface area contributed by atoms with Gasteiger partial charge in [0.2, 0.25) is 5.75 Å². The average Bonchev–Trinajstić information content (AvgIpc) is 2.43. The smallest absolute Gasteiger partial charge is 0.297 e. The van der Waals surface area contributed by atoms with Crippen molar-refractivity contribution in [3.8, 4) is 5.75 Å². The molecule has 0 spiro atoms. The van der Waals surface area contributed by atoms with E-state index in [9.17, 15) is 14.9 Å². The van der Waals surface area contributed by atoms with Crippen molar-refractivity contribution in [3.63, 3.8) is 0 Å². The third-order valence-electron chi connectivity index (χ3n) is 2.66. The van der Waals surface area contributed by atoms with Gasteiger partial charge in [-0.1, -0.05) is 23.7 Å². The molecule has 1 aromatic heterocycles. The minimum absolute atomic E-state index is 0.00236. The van der Waals surface area contributed by atoms with Crippen LogP contribution in [0.25, 0.3) is 0 Å². The molecule has 0 aliphatic heterocycles. The zero-order valence-corrected chi connectivity index (χ0v) is 11.2. The highest BCUT2D eigenvalue weighted by Crippen LogP contribution is 2.16. The van der Waals surface area contributed by atoms with E-state index in [0.29, 0.717) is 0 Å². The van der Waals surface area contributed by atoms with E-state index in [1.165, 1.54) is 30.1 Å². The molecule has 104 valence electrons. The molecule has 0 amide bonds. The Bertz CT molecular complexity index is 697. The number of nitrogens with zero attached hydrogens (tertiary/aromatic N) is 3. The van der Waals surface area contributed by atoms with Crippen LogP contribution in [0.4, 0.5) is 5.69 Å². The number of benzene rings is 1. The highest BCUT2D eigenvalue weighted by Gasteiger charge is 2.11. The Kier molecular flexibility index (Phi) is 3.99. The number of hydrogen-bond acceptors (Lipinski definition) is 5. The van der Waals surface area contributed by atoms with Crippen molar-refractivity contribution in [2.75, 3.05) is 7.11 Å². The quantitative estimate of drug-likeness (QED) is 0.488. The zero-order valence-electron chi connectivity index (χ0n) is 10.4. The van der Waals surface area contributed by atoms with Crippen LogP contribution in [0.1, 0.15) is 5.56 Å². The van der Waals surface area contributed by atoms with Gasteiger partial charge in [-0.15, -0.1) is 0 Å². The summed E-state index contributed by atoms with van der Waals surface area (Å²) < 4.78 is 6.20. The number of rotatable bonds is 4. The Morgan fingerprint density at radius 2 is 2.05 bits per heavy atom. The summed E-state index contributed by atoms with van der Waals surface area (Å²) in [6.45, 7) is 0.220. The number of hydrogen-bond donors (Lipinski definition) is 0. The van der Waals surface area contributed by atoms with Gasteiger partial charge in [0.15, 0.2) is 5.15 Å². The maximum absolute atomic E-state index is 12.0. The maximum Gasteiger partial charge on any atom is 0.297 e. The zero-order chi connectivity index (χ0) is 14.7. The molecule has 20 heavy (non-hydrogen) atoms. The molecule has 0 saturated heterocycles. The molecule has 0 unspecified atom stereocenters. The van der Waals surface area contributed by atoms with Crippen molar-refractivity contribution in [1.29, 1.82) is 0 Å². The van der Waals surface area contributed by atoms with Crippen LogP contribution in [0.5, 0.6) is 5.75 Å². The van der Waals surface area contributed by atoms with E-state index in [2.05, 4.69) is 4.98 Å². The van der Waals surface area contributed by atoms with Gasteiger partial charge in [0.1, 0.15) is 0 Å². The SMILES string of the molecule is COc1c(Cl)ncn(Cc2ccc([N+](=O)[O-])cc2)c1=O. The fraction of sp³-hybridized carbons (Fsp3) is 0.167. The van der Waals surface area contributed by atoms with Crippen LogP contribution in [0.3, 0.4) is 0 Å². The first kappa shape index (κ1) is 14.0. The highest BCUT2D eigenvalue weighted by atomic mass is 35.5. The molecule has 7 nitrogen and oxygen atoms in total. The van der Waals surface area contributed by atoms with Crippen molar-refractivity contribution in [2.45, 2.75) is 6.54 Å². The molecule has 8 heteroatoms. The third kappa shape index (κ3) is 2.77. The summed E-state index contributed by atoms with van der Waals surface area (Å²) in [5, 5.41) is 10.6. The maximum atomic E-state index is 12.0. The number of aromatic nitrogens is 2. The van der Waals surface area contributed by atoms with Crippen molar-refractivity contribution in [3.05, 3.63) is 61.8 Å². The van der Waals surface area contributed by atoms with Crippen LogP contribution >= 0.6 is 11.6 Å². The second kappa shape index (κ2) is 5.70. The second-order valence-corrected chi connectivity index (χ2v) is 4.28. The number of nitro benzene ring substituents is 1. The van der Waals surface area contributed by atoms with Crippen LogP contribution in [-0.2, 0) is 6.54 Å². The van der Waals surface area contributed by atoms with Crippen molar-refractivity contribution in [2.24, 2.45) is 0 Å². The molecular weight excluding hydrogens is 286 g/mol. The summed E-state index contributed by atoms with van der Waals surface area (Å²) >= 11 is 5.74. The lowest BCUT2D eigenvalue weighted by Crippen LogP contribution is -2.22. The Morgan fingerprint density at radius 3 is 2.60 bits per heavy atom. The first-order valence-corrected chi connectivity index (χ1v) is 5.93. The fourth-order valence-corrected chi connectivity index (χ4v) is 1.86. The molecule has 0 N–H and O–H groups in total. The summed E-state index contributed by atoms with van der Waals surface area (Å²) in [5.74, 6) is -0.0314. The standard InChI is InChI=1S/C12H10ClN3O4/c1-20-10-11(13)14-7-15(12(10)17)6-8-2-4-9(5-3-8)16(18)19/h2-5,7H,6H2,1H3. The van der Waals surface area contributed by atoms with Gasteiger partial charge in [-0.3, -0.25) is 19.5 Å². The van der Waals surface area contributed by atoms with Gasteiger partial charge in [-0.2, -0.15) is 0 Å². The molecule has 2 aromatic rings. The van der Waals surface area contributed by atoms with Crippen LogP contribution in [0, 0.1) is 10.1 Å². The van der Waals surface area contributed by atoms with E-state index < -0.39 is 10.5 Å². The van der Waals surface area contributed by atoms with Gasteiger partial charge in [0, 0.05) is 12.1 Å². The van der Waals surface area contributed by atoms with E-state index >= 15 is 0 Å². The first-order chi connectivity index (χ1) is 9.52. The van der Waals surface area contributed by atoms with E-state index in [-0.39, 0.29) is 23.1 Å². The van der Waals surface area contributed by atoms with Crippen molar-refractivity contribution < 1.29 is 9.66 Å². The fourth-order valence-electron chi connectivity index (χ4n) is 1.65. The lowest BCUT2D eigenvalue weighted by Gasteiger charge is -2.08.